The van der Waals surface area contributed by atoms with E-state index in [2.05, 4.69) is 10.6 Å². The summed E-state index contributed by atoms with van der Waals surface area (Å²) in [5.41, 5.74) is 2.16. The third kappa shape index (κ3) is 4.97. The van der Waals surface area contributed by atoms with Crippen molar-refractivity contribution in [1.82, 2.24) is 5.32 Å². The van der Waals surface area contributed by atoms with Crippen molar-refractivity contribution in [2.75, 3.05) is 5.32 Å². The molecule has 1 heterocycles. The van der Waals surface area contributed by atoms with Crippen LogP contribution in [0.25, 0.3) is 0 Å². The first-order valence-corrected chi connectivity index (χ1v) is 12.8. The van der Waals surface area contributed by atoms with Gasteiger partial charge in [-0.25, -0.2) is 0 Å². The number of hydrogen-bond acceptors (Lipinski definition) is 4. The van der Waals surface area contributed by atoms with Gasteiger partial charge in [0, 0.05) is 33.6 Å². The monoisotopic (exact) mass is 594 g/mol. The van der Waals surface area contributed by atoms with E-state index in [4.69, 9.17) is 58.0 Å². The van der Waals surface area contributed by atoms with E-state index in [1.807, 2.05) is 0 Å². The lowest BCUT2D eigenvalue weighted by atomic mass is 9.99. The molecule has 3 aromatic carbocycles. The molecule has 3 amide bonds. The first-order chi connectivity index (χ1) is 17.5. The number of Topliss-reactive ketones (excluding diaryl/α,β-unsaturated/α-hetero) is 1. The van der Waals surface area contributed by atoms with Crippen molar-refractivity contribution in [1.29, 1.82) is 0 Å². The Kier molecular flexibility index (Phi) is 6.75. The average Bonchev–Trinajstić information content (AvgIpc) is 3.29. The Hall–Kier alpha value is -2.61. The Morgan fingerprint density at radius 3 is 2.24 bits per heavy atom. The molecule has 2 atom stereocenters. The van der Waals surface area contributed by atoms with Gasteiger partial charge in [-0.2, -0.15) is 0 Å². The highest BCUT2D eigenvalue weighted by atomic mass is 35.5. The van der Waals surface area contributed by atoms with E-state index in [1.54, 1.807) is 30.3 Å². The summed E-state index contributed by atoms with van der Waals surface area (Å²) in [5, 5.41) is 5.94. The van der Waals surface area contributed by atoms with Gasteiger partial charge in [-0.1, -0.05) is 40.9 Å². The van der Waals surface area contributed by atoms with E-state index in [1.165, 1.54) is 24.3 Å². The molecule has 1 saturated carbocycles. The van der Waals surface area contributed by atoms with Crippen LogP contribution in [0.15, 0.2) is 54.6 Å². The molecule has 5 rings (SSSR count). The van der Waals surface area contributed by atoms with Crippen LogP contribution in [0.1, 0.15) is 48.1 Å². The minimum atomic E-state index is -1.36. The van der Waals surface area contributed by atoms with Crippen LogP contribution in [0.5, 0.6) is 0 Å². The summed E-state index contributed by atoms with van der Waals surface area (Å²) in [6.07, 6.45) is -0.0709. The molecule has 3 aromatic rings. The number of fused-ring (bicyclic) bond motifs is 1. The van der Waals surface area contributed by atoms with Crippen molar-refractivity contribution < 1.29 is 19.2 Å². The number of ketones is 1. The van der Waals surface area contributed by atoms with Crippen LogP contribution in [-0.2, 0) is 11.2 Å². The highest BCUT2D eigenvalue weighted by Crippen LogP contribution is 2.65. The zero-order valence-electron chi connectivity index (χ0n) is 18.6. The number of rotatable bonds is 6. The van der Waals surface area contributed by atoms with Gasteiger partial charge in [-0.3, -0.25) is 24.5 Å². The summed E-state index contributed by atoms with van der Waals surface area (Å²) < 4.78 is -1.36. The normalized spacial score (nSPS) is 19.3. The van der Waals surface area contributed by atoms with E-state index >= 15 is 0 Å². The molecule has 0 spiro atoms. The predicted molar refractivity (Wildman–Crippen MR) is 143 cm³/mol. The zero-order chi connectivity index (χ0) is 26.6. The molecule has 6 nitrogen and oxygen atoms in total. The van der Waals surface area contributed by atoms with Crippen LogP contribution in [0.3, 0.4) is 0 Å². The highest BCUT2D eigenvalue weighted by molar-refractivity contribution is 6.53. The van der Waals surface area contributed by atoms with Crippen LogP contribution < -0.4 is 10.6 Å². The summed E-state index contributed by atoms with van der Waals surface area (Å²) in [7, 11) is 0. The summed E-state index contributed by atoms with van der Waals surface area (Å²) in [6.45, 7) is 0. The molecule has 2 N–H and O–H groups in total. The van der Waals surface area contributed by atoms with Gasteiger partial charge in [0.05, 0.1) is 22.1 Å². The Labute approximate surface area is 236 Å². The SMILES string of the molecule is O=C(Cc1ccc2c(c1)C(=O)NC2=O)c1cc(NC(=O)C2C(c3cc(Cl)cc(Cl)c3)C2(Cl)Cl)ccc1Cl. The van der Waals surface area contributed by atoms with E-state index in [0.29, 0.717) is 26.9 Å². The third-order valence-electron chi connectivity index (χ3n) is 6.28. The Bertz CT molecular complexity index is 1500. The maximum Gasteiger partial charge on any atom is 0.258 e. The van der Waals surface area contributed by atoms with Crippen LogP contribution in [-0.4, -0.2) is 27.8 Å². The van der Waals surface area contributed by atoms with Gasteiger partial charge in [0.15, 0.2) is 5.78 Å². The van der Waals surface area contributed by atoms with Crippen molar-refractivity contribution in [3.8, 4) is 0 Å². The van der Waals surface area contributed by atoms with Gasteiger partial charge >= 0.3 is 0 Å². The van der Waals surface area contributed by atoms with Gasteiger partial charge in [0.1, 0.15) is 4.33 Å². The predicted octanol–water partition coefficient (Wildman–Crippen LogP) is 6.48. The molecule has 11 heteroatoms. The molecule has 1 aliphatic heterocycles. The molecular weight excluding hydrogens is 582 g/mol. The van der Waals surface area contributed by atoms with Crippen molar-refractivity contribution >= 4 is 87.2 Å². The fraction of sp³-hybridized carbons (Fsp3) is 0.154. The highest BCUT2D eigenvalue weighted by Gasteiger charge is 2.67. The molecular formula is C26H15Cl5N2O4. The molecule has 37 heavy (non-hydrogen) atoms. The number of halogens is 5. The van der Waals surface area contributed by atoms with Crippen LogP contribution in [0.2, 0.25) is 15.1 Å². The summed E-state index contributed by atoms with van der Waals surface area (Å²) in [4.78, 5) is 49.7. The van der Waals surface area contributed by atoms with Crippen LogP contribution >= 0.6 is 58.0 Å². The second-order valence-corrected chi connectivity index (χ2v) is 11.5. The van der Waals surface area contributed by atoms with Gasteiger partial charge < -0.3 is 5.32 Å². The fourth-order valence-electron chi connectivity index (χ4n) is 4.46. The number of amides is 3. The molecule has 188 valence electrons. The second kappa shape index (κ2) is 9.61. The number of anilines is 1. The van der Waals surface area contributed by atoms with Crippen LogP contribution in [0.4, 0.5) is 5.69 Å². The van der Waals surface area contributed by atoms with Crippen LogP contribution in [0, 0.1) is 5.92 Å². The third-order valence-corrected chi connectivity index (χ3v) is 7.99. The number of imide groups is 1. The topological polar surface area (TPSA) is 92.3 Å². The van der Waals surface area contributed by atoms with Gasteiger partial charge in [0.2, 0.25) is 5.91 Å². The van der Waals surface area contributed by atoms with Gasteiger partial charge in [-0.15, -0.1) is 23.2 Å². The number of hydrogen-bond donors (Lipinski definition) is 2. The smallest absolute Gasteiger partial charge is 0.258 e. The number of carbonyl (C=O) groups excluding carboxylic acids is 4. The van der Waals surface area contributed by atoms with Crippen molar-refractivity contribution in [2.45, 2.75) is 16.7 Å². The van der Waals surface area contributed by atoms with Gasteiger partial charge in [0.25, 0.3) is 11.8 Å². The number of alkyl halides is 2. The lowest BCUT2D eigenvalue weighted by Crippen LogP contribution is -2.19. The number of carbonyl (C=O) groups is 4. The lowest BCUT2D eigenvalue weighted by Gasteiger charge is -2.10. The van der Waals surface area contributed by atoms with E-state index < -0.39 is 33.9 Å². The minimum absolute atomic E-state index is 0.0709. The Balaban J connectivity index is 1.32. The fourth-order valence-corrected chi connectivity index (χ4v) is 6.06. The zero-order valence-corrected chi connectivity index (χ0v) is 22.4. The maximum atomic E-state index is 13.0. The Morgan fingerprint density at radius 1 is 0.865 bits per heavy atom. The van der Waals surface area contributed by atoms with E-state index in [0.717, 1.165) is 0 Å². The first kappa shape index (κ1) is 26.0. The largest absolute Gasteiger partial charge is 0.326 e. The number of benzene rings is 3. The lowest BCUT2D eigenvalue weighted by molar-refractivity contribution is -0.117. The minimum Gasteiger partial charge on any atom is -0.326 e. The summed E-state index contributed by atoms with van der Waals surface area (Å²) >= 11 is 31.3. The van der Waals surface area contributed by atoms with E-state index in [-0.39, 0.29) is 33.9 Å². The van der Waals surface area contributed by atoms with Crippen molar-refractivity contribution in [2.24, 2.45) is 5.92 Å². The molecule has 2 aliphatic rings. The van der Waals surface area contributed by atoms with Crippen molar-refractivity contribution in [3.05, 3.63) is 97.5 Å². The van der Waals surface area contributed by atoms with Gasteiger partial charge in [-0.05, 0) is 59.7 Å². The van der Waals surface area contributed by atoms with E-state index in [9.17, 15) is 19.2 Å². The molecule has 1 fully saturated rings. The summed E-state index contributed by atoms with van der Waals surface area (Å²) in [6, 6.07) is 14.0. The number of nitrogens with one attached hydrogen (secondary N) is 2. The maximum absolute atomic E-state index is 13.0. The Morgan fingerprint density at radius 2 is 1.54 bits per heavy atom. The quantitative estimate of drug-likeness (QED) is 0.194. The molecule has 0 radical (unpaired) electrons. The molecule has 2 unspecified atom stereocenters. The molecule has 0 aromatic heterocycles. The summed E-state index contributed by atoms with van der Waals surface area (Å²) in [5.74, 6) is -3.07. The molecule has 0 saturated heterocycles. The molecule has 1 aliphatic carbocycles. The standard InChI is InChI=1S/C26H15Cl5N2O4/c27-13-7-12(8-14(28)9-13)21-22(26(21,30)31)25(37)32-15-2-4-19(29)18(10-15)20(34)6-11-1-3-16-17(5-11)24(36)33-23(16)35/h1-5,7-10,21-22H,6H2,(H,32,37)(H,33,35,36). The second-order valence-electron chi connectivity index (χ2n) is 8.78. The average molecular weight is 597 g/mol. The first-order valence-electron chi connectivity index (χ1n) is 10.9. The van der Waals surface area contributed by atoms with Crippen molar-refractivity contribution in [3.63, 3.8) is 0 Å². The molecule has 0 bridgehead atoms.